The Bertz CT molecular complexity index is 4750. The van der Waals surface area contributed by atoms with Crippen LogP contribution in [-0.2, 0) is 102 Å². The van der Waals surface area contributed by atoms with Gasteiger partial charge in [0, 0.05) is 0 Å². The van der Waals surface area contributed by atoms with Crippen molar-refractivity contribution >= 4 is 67.8 Å². The zero-order valence-corrected chi connectivity index (χ0v) is 76.4. The number of ketones is 8. The van der Waals surface area contributed by atoms with Gasteiger partial charge in [0.25, 0.3) is 0 Å². The van der Waals surface area contributed by atoms with Gasteiger partial charge in [-0.3, -0.25) is 38.4 Å². The van der Waals surface area contributed by atoms with E-state index in [0.29, 0.717) is 12.3 Å². The fraction of sp³-hybridized carbons (Fsp3) is 0.390. The maximum Gasteiger partial charge on any atom is 0.147 e. The minimum Gasteiger partial charge on any atom is -0.311 e. The molecule has 0 aliphatic heterocycles. The number of carbonyl (C=O) groups excluding carboxylic acids is 8. The Morgan fingerprint density at radius 1 is 0.320 bits per heavy atom. The second-order valence-corrected chi connectivity index (χ2v) is 32.6. The fourth-order valence-corrected chi connectivity index (χ4v) is 14.5. The zero-order chi connectivity index (χ0) is 90.4. The molecule has 0 unspecified atom stereocenters. The largest absolute Gasteiger partial charge is 0.311 e. The van der Waals surface area contributed by atoms with Crippen LogP contribution in [0.5, 0.6) is 0 Å². The molecule has 11 rings (SSSR count). The summed E-state index contributed by atoms with van der Waals surface area (Å²) < 4.78 is 12.6. The molecule has 0 fully saturated rings. The number of aryl methyl sites for hydroxylation is 3. The lowest BCUT2D eigenvalue weighted by Gasteiger charge is -2.19. The Balaban J connectivity index is 0.000000293. The van der Waals surface area contributed by atoms with Crippen molar-refractivity contribution in [3.63, 3.8) is 0 Å². The highest BCUT2D eigenvalue weighted by Gasteiger charge is 2.30. The van der Waals surface area contributed by atoms with Gasteiger partial charge in [-0.2, -0.15) is 0 Å². The number of hydrogen-bond acceptors (Lipinski definition) is 16. The van der Waals surface area contributed by atoms with Crippen LogP contribution in [0.15, 0.2) is 237 Å². The van der Waals surface area contributed by atoms with Crippen LogP contribution in [0, 0.1) is 25.6 Å². The van der Waals surface area contributed by atoms with Crippen LogP contribution in [0.2, 0.25) is 0 Å². The molecule has 8 atom stereocenters. The van der Waals surface area contributed by atoms with E-state index in [-0.39, 0.29) is 106 Å². The van der Waals surface area contributed by atoms with E-state index in [1.165, 1.54) is 94.9 Å². The van der Waals surface area contributed by atoms with E-state index in [1.807, 2.05) is 110 Å². The number of carbonyl (C=O) groups is 8. The van der Waals surface area contributed by atoms with Crippen LogP contribution in [0.3, 0.4) is 0 Å². The molecular weight excluding hydrogens is 1520 g/mol. The van der Waals surface area contributed by atoms with Gasteiger partial charge in [0.1, 0.15) is 52.1 Å². The topological polar surface area (TPSA) is 233 Å². The predicted octanol–water partition coefficient (Wildman–Crippen LogP) is 16.2. The quantitative estimate of drug-likeness (QED) is 0.0196. The second-order valence-electron chi connectivity index (χ2n) is 32.6. The molecule has 0 radical (unpaired) electrons. The highest BCUT2D eigenvalue weighted by atomic mass is 19.1. The SMILES string of the molecule is CN[C@@H](CCc1ccccc1)C(C)=O.CN[C@@H](Cc1ccc(C(C)(C)C)cc1)C(C)=O.CN[C@@H](Cc1ccc(F)cc1)C(C)=O.CN[C@@H](Cc1ccc2ccccc2c1)C(C)=O.CN[C@@H](Cc1cccc(C)c1)C(C)=O.CN[C@@H](Cc1cccc(C)c1)C(C)=O.CN[C@@H](Cc1cccc2ccccc12)C(C)=O.CN[C@H](C(C)=O)C1Cc2ccccc2C1. The highest BCUT2D eigenvalue weighted by Crippen LogP contribution is 2.30. The first kappa shape index (κ1) is 104. The molecule has 10 aromatic rings. The predicted molar refractivity (Wildman–Crippen MR) is 504 cm³/mol. The third kappa shape index (κ3) is 38.0. The van der Waals surface area contributed by atoms with Crippen molar-refractivity contribution in [3.05, 3.63) is 309 Å². The summed E-state index contributed by atoms with van der Waals surface area (Å²) >= 11 is 0. The molecule has 10 aromatic carbocycles. The van der Waals surface area contributed by atoms with Crippen LogP contribution in [0.1, 0.15) is 149 Å². The van der Waals surface area contributed by atoms with Crippen LogP contribution >= 0.6 is 0 Å². The first-order chi connectivity index (χ1) is 58.1. The molecule has 654 valence electrons. The summed E-state index contributed by atoms with van der Waals surface area (Å²) in [5.74, 6) is 1.66. The van der Waals surface area contributed by atoms with Crippen molar-refractivity contribution in [1.82, 2.24) is 42.5 Å². The summed E-state index contributed by atoms with van der Waals surface area (Å²) in [5, 5.41) is 29.2. The Labute approximate surface area is 728 Å². The van der Waals surface area contributed by atoms with E-state index < -0.39 is 0 Å². The lowest BCUT2D eigenvalue weighted by atomic mass is 9.86. The normalized spacial score (nSPS) is 13.3. The van der Waals surface area contributed by atoms with Gasteiger partial charge in [0.15, 0.2) is 0 Å². The van der Waals surface area contributed by atoms with E-state index in [1.54, 1.807) is 74.6 Å². The van der Waals surface area contributed by atoms with E-state index in [9.17, 15) is 42.7 Å². The zero-order valence-electron chi connectivity index (χ0n) is 76.4. The summed E-state index contributed by atoms with van der Waals surface area (Å²) in [5.41, 5.74) is 15.1. The van der Waals surface area contributed by atoms with Crippen molar-refractivity contribution in [3.8, 4) is 0 Å². The van der Waals surface area contributed by atoms with Gasteiger partial charge in [0.2, 0.25) is 0 Å². The molecule has 17 heteroatoms. The number of Topliss-reactive ketones (excluding diaryl/α,β-unsaturated/α-hetero) is 8. The van der Waals surface area contributed by atoms with E-state index >= 15 is 0 Å². The van der Waals surface area contributed by atoms with Gasteiger partial charge in [-0.15, -0.1) is 0 Å². The van der Waals surface area contributed by atoms with Gasteiger partial charge >= 0.3 is 0 Å². The molecule has 16 nitrogen and oxygen atoms in total. The summed E-state index contributed by atoms with van der Waals surface area (Å²) in [6.45, 7) is 23.7. The van der Waals surface area contributed by atoms with Crippen LogP contribution < -0.4 is 42.5 Å². The number of halogens is 1. The summed E-state index contributed by atoms with van der Waals surface area (Å²) in [6, 6.07) is 78.6. The molecule has 0 heterocycles. The summed E-state index contributed by atoms with van der Waals surface area (Å²) in [7, 11) is 14.6. The Kier molecular flexibility index (Phi) is 47.5. The first-order valence-electron chi connectivity index (χ1n) is 42.5. The molecule has 8 N–H and O–H groups in total. The van der Waals surface area contributed by atoms with Crippen LogP contribution in [-0.4, -0.2) is 151 Å². The average molecular weight is 1660 g/mol. The Morgan fingerprint density at radius 2 is 0.656 bits per heavy atom. The number of nitrogens with one attached hydrogen (secondary N) is 8. The Morgan fingerprint density at radius 3 is 1.05 bits per heavy atom. The van der Waals surface area contributed by atoms with Crippen molar-refractivity contribution < 1.29 is 42.7 Å². The van der Waals surface area contributed by atoms with Crippen LogP contribution in [0.25, 0.3) is 21.5 Å². The van der Waals surface area contributed by atoms with E-state index in [4.69, 9.17) is 0 Å². The fourth-order valence-electron chi connectivity index (χ4n) is 14.5. The standard InChI is InChI=1S/2C15H17NO.C15H23NO.C13H17NO.3C12H17NO.C11H14FNO/c1-11(17)15(16-2)10-13-8-5-7-12-6-3-4-9-14(12)13;1-11(17)15(16-2)10-12-7-8-13-5-3-4-6-14(13)9-12;1-11(17)14(16-5)10-12-6-8-13(9-7-12)15(2,3)4;1-9(15)13(14-2)12-7-10-5-3-4-6-11(10)8-12;2*1-9-5-4-6-11(7-9)8-12(13-3)10(2)14;1-10(14)12(13-2)9-8-11-6-4-3-5-7-11;1-8(14)11(13-2)7-9-3-5-10(12)6-4-9/h2*3-9,15-16H,10H2,1-2H3;6-9,14,16H,10H2,1-5H3;3-6,12-14H,7-8H2,1-2H3;2*4-7,12-13H,8H2,1-3H3;3-7,12-13H,8-9H2,1-2H3;3-6,11,13H,7H2,1-2H3/t2*15-;14-;13-;3*12-;11-/m00010000/s1. The molecule has 1 aliphatic rings. The maximum atomic E-state index is 12.6. The smallest absolute Gasteiger partial charge is 0.147 e. The minimum atomic E-state index is -0.252. The molecular formula is C105H139FN8O8. The van der Waals surface area contributed by atoms with Crippen molar-refractivity contribution in [2.45, 2.75) is 208 Å². The van der Waals surface area contributed by atoms with Gasteiger partial charge < -0.3 is 42.5 Å². The minimum absolute atomic E-state index is 0.00444. The monoisotopic (exact) mass is 1660 g/mol. The maximum absolute atomic E-state index is 12.6. The number of fused-ring (bicyclic) bond motifs is 3. The number of hydrogen-bond donors (Lipinski definition) is 8. The molecule has 0 amide bonds. The van der Waals surface area contributed by atoms with Gasteiger partial charge in [-0.1, -0.05) is 256 Å². The van der Waals surface area contributed by atoms with Crippen molar-refractivity contribution in [2.75, 3.05) is 56.4 Å². The molecule has 0 saturated heterocycles. The van der Waals surface area contributed by atoms with Gasteiger partial charge in [0.05, 0.1) is 48.3 Å². The highest BCUT2D eigenvalue weighted by molar-refractivity contribution is 5.89. The molecule has 0 aromatic heterocycles. The van der Waals surface area contributed by atoms with Gasteiger partial charge in [-0.25, -0.2) is 4.39 Å². The molecule has 0 bridgehead atoms. The molecule has 0 spiro atoms. The van der Waals surface area contributed by atoms with Crippen molar-refractivity contribution in [1.29, 1.82) is 0 Å². The molecule has 0 saturated carbocycles. The average Bonchev–Trinajstić information content (AvgIpc) is 1.58. The third-order valence-electron chi connectivity index (χ3n) is 22.0. The molecule has 1 aliphatic carbocycles. The number of likely N-dealkylation sites (N-methyl/N-ethyl adjacent to an activating group) is 8. The van der Waals surface area contributed by atoms with Gasteiger partial charge in [-0.05, 0) is 290 Å². The second kappa shape index (κ2) is 55.7. The number of benzene rings is 10. The summed E-state index contributed by atoms with van der Waals surface area (Å²) in [6.07, 6.45) is 8.28. The first-order valence-corrected chi connectivity index (χ1v) is 42.5. The molecule has 122 heavy (non-hydrogen) atoms. The lowest BCUT2D eigenvalue weighted by molar-refractivity contribution is -0.120. The number of rotatable bonds is 32. The van der Waals surface area contributed by atoms with E-state index in [0.717, 1.165) is 63.4 Å². The van der Waals surface area contributed by atoms with Crippen molar-refractivity contribution in [2.24, 2.45) is 5.92 Å². The third-order valence-corrected chi connectivity index (χ3v) is 22.0. The Hall–Kier alpha value is -10.3. The van der Waals surface area contributed by atoms with E-state index in [2.05, 4.69) is 229 Å². The lowest BCUT2D eigenvalue weighted by Crippen LogP contribution is -2.39. The summed E-state index contributed by atoms with van der Waals surface area (Å²) in [4.78, 5) is 90.3. The van der Waals surface area contributed by atoms with Crippen LogP contribution in [0.4, 0.5) is 4.39 Å².